The van der Waals surface area contributed by atoms with Crippen molar-refractivity contribution in [2.75, 3.05) is 13.1 Å². The van der Waals surface area contributed by atoms with Crippen molar-refractivity contribution in [3.05, 3.63) is 52.5 Å². The number of aromatic nitrogens is 1. The molecule has 4 rings (SSSR count). The Hall–Kier alpha value is -2.21. The standard InChI is InChI=1S/C19H21N3O2S/c23-17(10-15-2-1-9-25-15)22-8-5-19(13-22)11-16(19)18(24)21-12-14-3-6-20-7-4-14/h1-4,6-7,9,16H,5,8,10-13H2,(H,21,24)/t16-,19+/m0/s1. The molecule has 130 valence electrons. The second-order valence-electron chi connectivity index (χ2n) is 7.01. The normalized spacial score (nSPS) is 24.5. The summed E-state index contributed by atoms with van der Waals surface area (Å²) < 4.78 is 0. The highest BCUT2D eigenvalue weighted by Crippen LogP contribution is 2.58. The quantitative estimate of drug-likeness (QED) is 0.895. The summed E-state index contributed by atoms with van der Waals surface area (Å²) in [6.07, 6.45) is 5.78. The van der Waals surface area contributed by atoms with E-state index < -0.39 is 0 Å². The molecule has 2 fully saturated rings. The number of amides is 2. The molecule has 1 spiro atoms. The van der Waals surface area contributed by atoms with Crippen LogP contribution >= 0.6 is 11.3 Å². The molecule has 1 N–H and O–H groups in total. The number of hydrogen-bond acceptors (Lipinski definition) is 4. The molecule has 2 aromatic heterocycles. The highest BCUT2D eigenvalue weighted by Gasteiger charge is 2.61. The van der Waals surface area contributed by atoms with Crippen LogP contribution in [-0.2, 0) is 22.6 Å². The average Bonchev–Trinajstić information content (AvgIpc) is 2.96. The third kappa shape index (κ3) is 3.44. The molecule has 3 heterocycles. The Kier molecular flexibility index (Phi) is 4.29. The maximum atomic E-state index is 12.4. The van der Waals surface area contributed by atoms with Gasteiger partial charge in [0.15, 0.2) is 0 Å². The number of nitrogens with one attached hydrogen (secondary N) is 1. The van der Waals surface area contributed by atoms with Crippen LogP contribution < -0.4 is 5.32 Å². The highest BCUT2D eigenvalue weighted by atomic mass is 32.1. The molecule has 6 heteroatoms. The molecule has 2 aliphatic rings. The minimum absolute atomic E-state index is 0.0213. The van der Waals surface area contributed by atoms with Gasteiger partial charge in [0.25, 0.3) is 0 Å². The Labute approximate surface area is 151 Å². The zero-order valence-electron chi connectivity index (χ0n) is 14.0. The van der Waals surface area contributed by atoms with Crippen LogP contribution in [0.2, 0.25) is 0 Å². The van der Waals surface area contributed by atoms with Gasteiger partial charge in [-0.2, -0.15) is 0 Å². The van der Waals surface area contributed by atoms with Crippen LogP contribution in [0.5, 0.6) is 0 Å². The van der Waals surface area contributed by atoms with E-state index in [4.69, 9.17) is 0 Å². The smallest absolute Gasteiger partial charge is 0.227 e. The molecule has 5 nitrogen and oxygen atoms in total. The van der Waals surface area contributed by atoms with E-state index in [1.807, 2.05) is 34.5 Å². The number of rotatable bonds is 5. The van der Waals surface area contributed by atoms with Gasteiger partial charge in [0.05, 0.1) is 6.42 Å². The molecular formula is C19H21N3O2S. The predicted octanol–water partition coefficient (Wildman–Crippen LogP) is 2.24. The number of pyridine rings is 1. The summed E-state index contributed by atoms with van der Waals surface area (Å²) in [6.45, 7) is 2.04. The van der Waals surface area contributed by atoms with Gasteiger partial charge in [-0.05, 0) is 42.0 Å². The van der Waals surface area contributed by atoms with Crippen molar-refractivity contribution in [3.63, 3.8) is 0 Å². The molecule has 0 unspecified atom stereocenters. The monoisotopic (exact) mass is 355 g/mol. The third-order valence-electron chi connectivity index (χ3n) is 5.37. The lowest BCUT2D eigenvalue weighted by molar-refractivity contribution is -0.130. The van der Waals surface area contributed by atoms with Gasteiger partial charge in [0, 0.05) is 48.2 Å². The summed E-state index contributed by atoms with van der Waals surface area (Å²) in [5.41, 5.74) is 1.07. The van der Waals surface area contributed by atoms with E-state index in [-0.39, 0.29) is 23.1 Å². The first kappa shape index (κ1) is 16.3. The predicted molar refractivity (Wildman–Crippen MR) is 95.8 cm³/mol. The number of nitrogens with zero attached hydrogens (tertiary/aromatic N) is 2. The Balaban J connectivity index is 1.28. The van der Waals surface area contributed by atoms with E-state index in [2.05, 4.69) is 10.3 Å². The molecule has 0 bridgehead atoms. The highest BCUT2D eigenvalue weighted by molar-refractivity contribution is 7.10. The number of carbonyl (C=O) groups is 2. The van der Waals surface area contributed by atoms with Crippen LogP contribution in [0.4, 0.5) is 0 Å². The molecule has 0 radical (unpaired) electrons. The molecule has 2 atom stereocenters. The second-order valence-corrected chi connectivity index (χ2v) is 8.05. The molecule has 1 aliphatic heterocycles. The molecule has 25 heavy (non-hydrogen) atoms. The zero-order chi connectivity index (χ0) is 17.3. The molecule has 0 aromatic carbocycles. The van der Waals surface area contributed by atoms with Crippen LogP contribution in [-0.4, -0.2) is 34.8 Å². The fraction of sp³-hybridized carbons (Fsp3) is 0.421. The molecular weight excluding hydrogens is 334 g/mol. The number of likely N-dealkylation sites (tertiary alicyclic amines) is 1. The number of hydrogen-bond donors (Lipinski definition) is 1. The van der Waals surface area contributed by atoms with Crippen molar-refractivity contribution in [2.24, 2.45) is 11.3 Å². The first-order chi connectivity index (χ1) is 12.2. The van der Waals surface area contributed by atoms with Crippen LogP contribution in [0.15, 0.2) is 42.0 Å². The minimum atomic E-state index is 0.0213. The van der Waals surface area contributed by atoms with Crippen molar-refractivity contribution >= 4 is 23.2 Å². The largest absolute Gasteiger partial charge is 0.352 e. The Morgan fingerprint density at radius 1 is 1.32 bits per heavy atom. The van der Waals surface area contributed by atoms with Crippen molar-refractivity contribution in [1.82, 2.24) is 15.2 Å². The summed E-state index contributed by atoms with van der Waals surface area (Å²) in [5.74, 6) is 0.348. The fourth-order valence-corrected chi connectivity index (χ4v) is 4.46. The average molecular weight is 355 g/mol. The summed E-state index contributed by atoms with van der Waals surface area (Å²) in [4.78, 5) is 31.9. The minimum Gasteiger partial charge on any atom is -0.352 e. The van der Waals surface area contributed by atoms with Gasteiger partial charge in [0.1, 0.15) is 0 Å². The third-order valence-corrected chi connectivity index (χ3v) is 6.24. The summed E-state index contributed by atoms with van der Waals surface area (Å²) in [7, 11) is 0. The van der Waals surface area contributed by atoms with Crippen LogP contribution in [0, 0.1) is 11.3 Å². The summed E-state index contributed by atoms with van der Waals surface area (Å²) in [5, 5.41) is 5.02. The van der Waals surface area contributed by atoms with E-state index in [1.54, 1.807) is 23.7 Å². The topological polar surface area (TPSA) is 62.3 Å². The fourth-order valence-electron chi connectivity index (χ4n) is 3.77. The van der Waals surface area contributed by atoms with E-state index in [1.165, 1.54) is 0 Å². The molecule has 2 amide bonds. The maximum absolute atomic E-state index is 12.4. The van der Waals surface area contributed by atoms with E-state index >= 15 is 0 Å². The van der Waals surface area contributed by atoms with Crippen LogP contribution in [0.25, 0.3) is 0 Å². The van der Waals surface area contributed by atoms with Crippen molar-refractivity contribution in [2.45, 2.75) is 25.8 Å². The Morgan fingerprint density at radius 2 is 2.16 bits per heavy atom. The number of carbonyl (C=O) groups excluding carboxylic acids is 2. The van der Waals surface area contributed by atoms with E-state index in [0.29, 0.717) is 13.0 Å². The first-order valence-electron chi connectivity index (χ1n) is 8.63. The summed E-state index contributed by atoms with van der Waals surface area (Å²) in [6, 6.07) is 7.79. The van der Waals surface area contributed by atoms with E-state index in [0.717, 1.165) is 36.4 Å². The van der Waals surface area contributed by atoms with Crippen molar-refractivity contribution in [1.29, 1.82) is 0 Å². The lowest BCUT2D eigenvalue weighted by atomic mass is 10.0. The SMILES string of the molecule is O=C(NCc1ccncc1)[C@@H]1C[C@@]12CCN(C(=O)Cc1cccs1)C2. The van der Waals surface area contributed by atoms with Gasteiger partial charge in [-0.25, -0.2) is 0 Å². The number of thiophene rings is 1. The van der Waals surface area contributed by atoms with Crippen molar-refractivity contribution in [3.8, 4) is 0 Å². The zero-order valence-corrected chi connectivity index (χ0v) is 14.8. The molecule has 1 aliphatic carbocycles. The van der Waals surface area contributed by atoms with Gasteiger partial charge >= 0.3 is 0 Å². The van der Waals surface area contributed by atoms with Gasteiger partial charge in [0.2, 0.25) is 11.8 Å². The van der Waals surface area contributed by atoms with Crippen LogP contribution in [0.3, 0.4) is 0 Å². The lowest BCUT2D eigenvalue weighted by Gasteiger charge is -2.16. The maximum Gasteiger partial charge on any atom is 0.227 e. The van der Waals surface area contributed by atoms with E-state index in [9.17, 15) is 9.59 Å². The van der Waals surface area contributed by atoms with Gasteiger partial charge < -0.3 is 10.2 Å². The van der Waals surface area contributed by atoms with Gasteiger partial charge in [-0.15, -0.1) is 11.3 Å². The van der Waals surface area contributed by atoms with Crippen LogP contribution in [0.1, 0.15) is 23.3 Å². The lowest BCUT2D eigenvalue weighted by Crippen LogP contribution is -2.32. The molecule has 1 saturated carbocycles. The second kappa shape index (κ2) is 6.59. The molecule has 1 saturated heterocycles. The Bertz CT molecular complexity index is 762. The first-order valence-corrected chi connectivity index (χ1v) is 9.51. The van der Waals surface area contributed by atoms with Gasteiger partial charge in [-0.1, -0.05) is 6.07 Å². The van der Waals surface area contributed by atoms with Gasteiger partial charge in [-0.3, -0.25) is 14.6 Å². The summed E-state index contributed by atoms with van der Waals surface area (Å²) >= 11 is 1.62. The molecule has 2 aromatic rings. The van der Waals surface area contributed by atoms with Crippen molar-refractivity contribution < 1.29 is 9.59 Å². The Morgan fingerprint density at radius 3 is 2.92 bits per heavy atom.